The van der Waals surface area contributed by atoms with Crippen molar-refractivity contribution in [3.8, 4) is 0 Å². The molecule has 0 atom stereocenters. The van der Waals surface area contributed by atoms with Crippen LogP contribution in [-0.4, -0.2) is 53.2 Å². The summed E-state index contributed by atoms with van der Waals surface area (Å²) in [5.41, 5.74) is 0. The van der Waals surface area contributed by atoms with E-state index in [4.69, 9.17) is 9.15 Å². The lowest BCUT2D eigenvalue weighted by atomic mass is 10.2. The summed E-state index contributed by atoms with van der Waals surface area (Å²) >= 11 is 0. The SMILES string of the molecule is COC(=O)CN(CC(=O)Nc1nnc(C)o1)C1CCCC1. The summed E-state index contributed by atoms with van der Waals surface area (Å²) in [4.78, 5) is 25.4. The molecular formula is C13H20N4O4. The van der Waals surface area contributed by atoms with Crippen LogP contribution in [0.4, 0.5) is 6.01 Å². The van der Waals surface area contributed by atoms with Gasteiger partial charge in [-0.25, -0.2) is 0 Å². The van der Waals surface area contributed by atoms with Gasteiger partial charge < -0.3 is 9.15 Å². The van der Waals surface area contributed by atoms with Crippen LogP contribution in [0.1, 0.15) is 31.6 Å². The van der Waals surface area contributed by atoms with Gasteiger partial charge in [-0.05, 0) is 12.8 Å². The number of amides is 1. The van der Waals surface area contributed by atoms with Gasteiger partial charge in [0.25, 0.3) is 0 Å². The van der Waals surface area contributed by atoms with E-state index in [-0.39, 0.29) is 37.0 Å². The van der Waals surface area contributed by atoms with Gasteiger partial charge in [-0.3, -0.25) is 19.8 Å². The smallest absolute Gasteiger partial charge is 0.322 e. The summed E-state index contributed by atoms with van der Waals surface area (Å²) in [7, 11) is 1.34. The van der Waals surface area contributed by atoms with Gasteiger partial charge in [0.2, 0.25) is 11.8 Å². The number of methoxy groups -OCH3 is 1. The summed E-state index contributed by atoms with van der Waals surface area (Å²) in [5, 5.41) is 9.88. The molecule has 1 saturated carbocycles. The highest BCUT2D eigenvalue weighted by atomic mass is 16.5. The van der Waals surface area contributed by atoms with E-state index in [0.717, 1.165) is 25.7 Å². The molecule has 1 heterocycles. The van der Waals surface area contributed by atoms with Crippen molar-refractivity contribution >= 4 is 17.9 Å². The van der Waals surface area contributed by atoms with Crippen molar-refractivity contribution in [2.75, 3.05) is 25.5 Å². The molecule has 0 unspecified atom stereocenters. The van der Waals surface area contributed by atoms with Crippen molar-refractivity contribution < 1.29 is 18.7 Å². The fourth-order valence-electron chi connectivity index (χ4n) is 2.50. The summed E-state index contributed by atoms with van der Waals surface area (Å²) in [6.45, 7) is 1.85. The van der Waals surface area contributed by atoms with Gasteiger partial charge in [-0.1, -0.05) is 17.9 Å². The highest BCUT2D eigenvalue weighted by Gasteiger charge is 2.26. The predicted molar refractivity (Wildman–Crippen MR) is 73.5 cm³/mol. The zero-order chi connectivity index (χ0) is 15.2. The summed E-state index contributed by atoms with van der Waals surface area (Å²) in [5.74, 6) is -0.245. The van der Waals surface area contributed by atoms with E-state index in [0.29, 0.717) is 5.89 Å². The minimum absolute atomic E-state index is 0.0712. The number of nitrogens with zero attached hydrogens (tertiary/aromatic N) is 3. The Balaban J connectivity index is 1.93. The molecule has 0 bridgehead atoms. The normalized spacial score (nSPS) is 15.4. The fourth-order valence-corrected chi connectivity index (χ4v) is 2.50. The molecule has 1 N–H and O–H groups in total. The molecular weight excluding hydrogens is 276 g/mol. The second-order valence-electron chi connectivity index (χ2n) is 5.09. The van der Waals surface area contributed by atoms with Gasteiger partial charge in [0.05, 0.1) is 20.2 Å². The number of aryl methyl sites for hydroxylation is 1. The lowest BCUT2D eigenvalue weighted by Crippen LogP contribution is -2.43. The van der Waals surface area contributed by atoms with E-state index < -0.39 is 0 Å². The molecule has 8 nitrogen and oxygen atoms in total. The van der Waals surface area contributed by atoms with Crippen LogP contribution in [0.3, 0.4) is 0 Å². The third kappa shape index (κ3) is 4.52. The van der Waals surface area contributed by atoms with Gasteiger partial charge in [-0.2, -0.15) is 0 Å². The number of hydrogen-bond acceptors (Lipinski definition) is 7. The van der Waals surface area contributed by atoms with E-state index in [9.17, 15) is 9.59 Å². The second kappa shape index (κ2) is 7.16. The van der Waals surface area contributed by atoms with E-state index in [1.807, 2.05) is 4.90 Å². The number of aromatic nitrogens is 2. The van der Waals surface area contributed by atoms with Crippen LogP contribution in [0.5, 0.6) is 0 Å². The molecule has 1 aromatic rings. The zero-order valence-electron chi connectivity index (χ0n) is 12.3. The molecule has 1 aliphatic carbocycles. The highest BCUT2D eigenvalue weighted by Crippen LogP contribution is 2.23. The van der Waals surface area contributed by atoms with Crippen LogP contribution in [-0.2, 0) is 14.3 Å². The average molecular weight is 296 g/mol. The minimum Gasteiger partial charge on any atom is -0.468 e. The molecule has 0 spiro atoms. The Labute approximate surface area is 122 Å². The molecule has 21 heavy (non-hydrogen) atoms. The highest BCUT2D eigenvalue weighted by molar-refractivity contribution is 5.90. The summed E-state index contributed by atoms with van der Waals surface area (Å²) < 4.78 is 9.79. The Morgan fingerprint density at radius 1 is 1.33 bits per heavy atom. The Kier molecular flexibility index (Phi) is 5.26. The number of hydrogen-bond donors (Lipinski definition) is 1. The van der Waals surface area contributed by atoms with E-state index in [2.05, 4.69) is 15.5 Å². The van der Waals surface area contributed by atoms with E-state index >= 15 is 0 Å². The largest absolute Gasteiger partial charge is 0.468 e. The molecule has 1 aliphatic rings. The van der Waals surface area contributed by atoms with Crippen LogP contribution in [0.15, 0.2) is 4.42 Å². The average Bonchev–Trinajstić information content (AvgIpc) is 3.09. The molecule has 2 rings (SSSR count). The quantitative estimate of drug-likeness (QED) is 0.773. The third-order valence-corrected chi connectivity index (χ3v) is 3.52. The van der Waals surface area contributed by atoms with Crippen LogP contribution in [0.2, 0.25) is 0 Å². The van der Waals surface area contributed by atoms with E-state index in [1.54, 1.807) is 6.92 Å². The fraction of sp³-hybridized carbons (Fsp3) is 0.692. The van der Waals surface area contributed by atoms with Gasteiger partial charge in [-0.15, -0.1) is 5.10 Å². The summed E-state index contributed by atoms with van der Waals surface area (Å²) in [6.07, 6.45) is 4.22. The number of anilines is 1. The summed E-state index contributed by atoms with van der Waals surface area (Å²) in [6, 6.07) is 0.307. The number of rotatable bonds is 6. The Morgan fingerprint density at radius 2 is 2.05 bits per heavy atom. The van der Waals surface area contributed by atoms with Crippen molar-refractivity contribution in [1.82, 2.24) is 15.1 Å². The maximum absolute atomic E-state index is 12.0. The van der Waals surface area contributed by atoms with Crippen molar-refractivity contribution in [1.29, 1.82) is 0 Å². The first-order valence-electron chi connectivity index (χ1n) is 6.99. The third-order valence-electron chi connectivity index (χ3n) is 3.52. The molecule has 116 valence electrons. The first kappa shape index (κ1) is 15.4. The lowest BCUT2D eigenvalue weighted by molar-refractivity contribution is -0.142. The molecule has 8 heteroatoms. The Hall–Kier alpha value is -1.96. The molecule has 0 aliphatic heterocycles. The maximum atomic E-state index is 12.0. The maximum Gasteiger partial charge on any atom is 0.322 e. The van der Waals surface area contributed by atoms with Crippen molar-refractivity contribution in [3.05, 3.63) is 5.89 Å². The second-order valence-corrected chi connectivity index (χ2v) is 5.09. The first-order valence-corrected chi connectivity index (χ1v) is 6.99. The Bertz CT molecular complexity index is 496. The van der Waals surface area contributed by atoms with Crippen molar-refractivity contribution in [3.63, 3.8) is 0 Å². The van der Waals surface area contributed by atoms with Crippen LogP contribution < -0.4 is 5.32 Å². The first-order chi connectivity index (χ1) is 10.1. The number of carbonyl (C=O) groups excluding carboxylic acids is 2. The van der Waals surface area contributed by atoms with Crippen LogP contribution >= 0.6 is 0 Å². The number of carbonyl (C=O) groups is 2. The number of nitrogens with one attached hydrogen (secondary N) is 1. The molecule has 0 aromatic carbocycles. The Morgan fingerprint density at radius 3 is 2.62 bits per heavy atom. The lowest BCUT2D eigenvalue weighted by Gasteiger charge is -2.26. The monoisotopic (exact) mass is 296 g/mol. The van der Waals surface area contributed by atoms with Gasteiger partial charge >= 0.3 is 12.0 Å². The minimum atomic E-state index is -0.344. The molecule has 1 aromatic heterocycles. The molecule has 0 saturated heterocycles. The van der Waals surface area contributed by atoms with Gasteiger partial charge in [0.1, 0.15) is 0 Å². The van der Waals surface area contributed by atoms with Crippen molar-refractivity contribution in [2.45, 2.75) is 38.6 Å². The van der Waals surface area contributed by atoms with Gasteiger partial charge in [0.15, 0.2) is 0 Å². The van der Waals surface area contributed by atoms with Crippen LogP contribution in [0.25, 0.3) is 0 Å². The van der Waals surface area contributed by atoms with Crippen LogP contribution in [0, 0.1) is 6.92 Å². The van der Waals surface area contributed by atoms with Crippen molar-refractivity contribution in [2.24, 2.45) is 0 Å². The van der Waals surface area contributed by atoms with Gasteiger partial charge in [0, 0.05) is 13.0 Å². The van der Waals surface area contributed by atoms with E-state index in [1.165, 1.54) is 7.11 Å². The number of esters is 1. The number of ether oxygens (including phenoxy) is 1. The molecule has 1 amide bonds. The topological polar surface area (TPSA) is 97.6 Å². The molecule has 0 radical (unpaired) electrons. The zero-order valence-corrected chi connectivity index (χ0v) is 12.3. The molecule has 1 fully saturated rings. The predicted octanol–water partition coefficient (Wildman–Crippen LogP) is 0.734. The standard InChI is InChI=1S/C13H20N4O4/c1-9-15-16-13(21-9)14-11(18)7-17(8-12(19)20-2)10-5-3-4-6-10/h10H,3-8H2,1-2H3,(H,14,16,18).